The molecule has 45 heavy (non-hydrogen) atoms. The van der Waals surface area contributed by atoms with Crippen molar-refractivity contribution < 1.29 is 9.59 Å². The first kappa shape index (κ1) is 30.8. The molecule has 2 aromatic carbocycles. The van der Waals surface area contributed by atoms with Crippen molar-refractivity contribution in [3.8, 4) is 11.4 Å². The maximum Gasteiger partial charge on any atom is 0.339 e. The first-order valence-corrected chi connectivity index (χ1v) is 14.5. The van der Waals surface area contributed by atoms with E-state index in [1.807, 2.05) is 31.1 Å². The molecule has 0 unspecified atom stereocenters. The Morgan fingerprint density at radius 2 is 1.73 bits per heavy atom. The van der Waals surface area contributed by atoms with Crippen molar-refractivity contribution in [2.75, 3.05) is 43.6 Å². The van der Waals surface area contributed by atoms with Crippen molar-refractivity contribution in [2.45, 2.75) is 19.8 Å². The topological polar surface area (TPSA) is 144 Å². The van der Waals surface area contributed by atoms with Crippen LogP contribution in [0.25, 0.3) is 22.5 Å². The highest BCUT2D eigenvalue weighted by Crippen LogP contribution is 2.25. The van der Waals surface area contributed by atoms with Crippen LogP contribution < -0.4 is 21.6 Å². The number of imidazole rings is 1. The number of hydrogen-bond acceptors (Lipinski definition) is 8. The number of carbonyl (C=O) groups is 2. The molecule has 0 radical (unpaired) electrons. The van der Waals surface area contributed by atoms with Gasteiger partial charge in [0.1, 0.15) is 17.7 Å². The predicted molar refractivity (Wildman–Crippen MR) is 176 cm³/mol. The summed E-state index contributed by atoms with van der Waals surface area (Å²) < 4.78 is 2.83. The number of likely N-dealkylation sites (N-methyl/N-ethyl adjacent to an activating group) is 2. The highest BCUT2D eigenvalue weighted by Gasteiger charge is 2.21. The maximum atomic E-state index is 14.0. The zero-order chi connectivity index (χ0) is 32.1. The Labute approximate surface area is 260 Å². The Morgan fingerprint density at radius 1 is 0.956 bits per heavy atom. The molecule has 0 saturated carbocycles. The number of hydrogen-bond donors (Lipinski definition) is 2. The lowest BCUT2D eigenvalue weighted by Gasteiger charge is -2.16. The summed E-state index contributed by atoms with van der Waals surface area (Å²) >= 11 is 0. The lowest BCUT2D eigenvalue weighted by Crippen LogP contribution is -2.25. The summed E-state index contributed by atoms with van der Waals surface area (Å²) in [7, 11) is 5.51. The average molecular weight is 606 g/mol. The van der Waals surface area contributed by atoms with E-state index in [0.717, 1.165) is 18.4 Å². The van der Waals surface area contributed by atoms with Crippen molar-refractivity contribution in [1.82, 2.24) is 29.0 Å². The van der Waals surface area contributed by atoms with Gasteiger partial charge in [-0.3, -0.25) is 14.2 Å². The number of carbonyl (C=O) groups excluding carboxylic acids is 2. The van der Waals surface area contributed by atoms with Crippen LogP contribution in [0, 0.1) is 0 Å². The predicted octanol–water partition coefficient (Wildman–Crippen LogP) is 3.83. The van der Waals surface area contributed by atoms with E-state index in [1.165, 1.54) is 26.4 Å². The monoisotopic (exact) mass is 605 g/mol. The second-order valence-corrected chi connectivity index (χ2v) is 10.8. The van der Waals surface area contributed by atoms with Crippen molar-refractivity contribution >= 4 is 40.3 Å². The van der Waals surface area contributed by atoms with Gasteiger partial charge in [-0.05, 0) is 80.7 Å². The second-order valence-electron chi connectivity index (χ2n) is 10.8. The van der Waals surface area contributed by atoms with Crippen molar-refractivity contribution in [1.29, 1.82) is 0 Å². The van der Waals surface area contributed by atoms with E-state index >= 15 is 0 Å². The van der Waals surface area contributed by atoms with E-state index in [4.69, 9.17) is 5.73 Å². The summed E-state index contributed by atoms with van der Waals surface area (Å²) in [4.78, 5) is 56.0. The normalized spacial score (nSPS) is 11.4. The van der Waals surface area contributed by atoms with Gasteiger partial charge in [0.15, 0.2) is 11.5 Å². The minimum atomic E-state index is -0.441. The van der Waals surface area contributed by atoms with Crippen molar-refractivity contribution in [3.05, 3.63) is 107 Å². The van der Waals surface area contributed by atoms with Crippen LogP contribution in [-0.2, 0) is 11.2 Å². The van der Waals surface area contributed by atoms with Crippen LogP contribution in [0.1, 0.15) is 29.3 Å². The Morgan fingerprint density at radius 3 is 2.47 bits per heavy atom. The molecule has 0 fully saturated rings. The Balaban J connectivity index is 1.48. The zero-order valence-corrected chi connectivity index (χ0v) is 25.6. The molecule has 0 aliphatic carbocycles. The number of nitrogens with two attached hydrogens (primary N) is 1. The molecule has 0 bridgehead atoms. The lowest BCUT2D eigenvalue weighted by molar-refractivity contribution is -0.113. The number of amides is 2. The van der Waals surface area contributed by atoms with Gasteiger partial charge in [0.25, 0.3) is 5.91 Å². The molecule has 230 valence electrons. The van der Waals surface area contributed by atoms with E-state index in [2.05, 4.69) is 27.2 Å². The molecule has 0 spiro atoms. The first-order valence-electron chi connectivity index (χ1n) is 14.5. The summed E-state index contributed by atoms with van der Waals surface area (Å²) in [6.45, 7) is 2.72. The number of aromatic nitrogens is 5. The van der Waals surface area contributed by atoms with Crippen molar-refractivity contribution in [2.24, 2.45) is 0 Å². The quantitative estimate of drug-likeness (QED) is 0.229. The molecule has 3 N–H and O–H groups in total. The third kappa shape index (κ3) is 6.65. The number of nitrogens with one attached hydrogen (secondary N) is 1. The summed E-state index contributed by atoms with van der Waals surface area (Å²) in [5, 5.41) is 2.83. The van der Waals surface area contributed by atoms with Crippen LogP contribution in [0.15, 0.2) is 90.1 Å². The van der Waals surface area contributed by atoms with Crippen LogP contribution >= 0.6 is 0 Å². The Hall–Kier alpha value is -5.62. The standard InChI is InChI=1S/C33H35N9O3/c1-5-8-22-16-17-35-27(19-22)38-32(44)23-12-14-24(15-13-23)41-29-30(34)36-21-37-31(29)42(33(41)45)26-10-6-9-25(20-26)40(4)28(43)11-7-18-39(2)3/h6-7,9-17,19-21H,5,8,18H2,1-4H3,(H2,34,36,37)(H,35,38,44). The average Bonchev–Trinajstić information content (AvgIpc) is 3.33. The minimum absolute atomic E-state index is 0.116. The Bertz CT molecular complexity index is 1940. The molecule has 5 aromatic rings. The van der Waals surface area contributed by atoms with Crippen LogP contribution in [0.4, 0.5) is 17.3 Å². The summed E-state index contributed by atoms with van der Waals surface area (Å²) in [6, 6.07) is 17.4. The smallest absolute Gasteiger partial charge is 0.339 e. The van der Waals surface area contributed by atoms with Gasteiger partial charge in [-0.15, -0.1) is 0 Å². The molecule has 5 rings (SSSR count). The largest absolute Gasteiger partial charge is 0.382 e. The third-order valence-corrected chi connectivity index (χ3v) is 7.18. The number of benzene rings is 2. The highest BCUT2D eigenvalue weighted by molar-refractivity contribution is 6.04. The van der Waals surface area contributed by atoms with Crippen LogP contribution in [0.5, 0.6) is 0 Å². The molecule has 0 atom stereocenters. The summed E-state index contributed by atoms with van der Waals surface area (Å²) in [5.41, 5.74) is 9.49. The summed E-state index contributed by atoms with van der Waals surface area (Å²) in [6.07, 6.45) is 8.15. The van der Waals surface area contributed by atoms with E-state index in [0.29, 0.717) is 46.2 Å². The molecule has 0 saturated heterocycles. The molecule has 0 aliphatic rings. The first-order chi connectivity index (χ1) is 21.7. The third-order valence-electron chi connectivity index (χ3n) is 7.18. The van der Waals surface area contributed by atoms with E-state index in [1.54, 1.807) is 67.9 Å². The molecule has 12 nitrogen and oxygen atoms in total. The number of pyridine rings is 1. The number of aryl methyl sites for hydroxylation is 1. The molecule has 2 amide bonds. The fraction of sp³-hybridized carbons (Fsp3) is 0.212. The van der Waals surface area contributed by atoms with Gasteiger partial charge < -0.3 is 20.9 Å². The number of rotatable bonds is 10. The molecule has 12 heteroatoms. The van der Waals surface area contributed by atoms with Crippen LogP contribution in [0.2, 0.25) is 0 Å². The number of nitrogens with zero attached hydrogens (tertiary/aromatic N) is 7. The van der Waals surface area contributed by atoms with Gasteiger partial charge in [-0.25, -0.2) is 24.3 Å². The van der Waals surface area contributed by atoms with Crippen LogP contribution in [-0.4, -0.2) is 68.5 Å². The SMILES string of the molecule is CCCc1ccnc(NC(=O)c2ccc(-n3c(=O)n(-c4cccc(N(C)C(=O)C=CCN(C)C)c4)c4ncnc(N)c43)cc2)c1. The van der Waals surface area contributed by atoms with Gasteiger partial charge in [0.05, 0.1) is 11.4 Å². The van der Waals surface area contributed by atoms with Gasteiger partial charge in [0, 0.05) is 37.1 Å². The van der Waals surface area contributed by atoms with Crippen LogP contribution in [0.3, 0.4) is 0 Å². The fourth-order valence-corrected chi connectivity index (χ4v) is 4.90. The van der Waals surface area contributed by atoms with E-state index in [-0.39, 0.29) is 17.6 Å². The Kier molecular flexibility index (Phi) is 9.14. The van der Waals surface area contributed by atoms with E-state index in [9.17, 15) is 14.4 Å². The lowest BCUT2D eigenvalue weighted by atomic mass is 10.1. The van der Waals surface area contributed by atoms with Gasteiger partial charge in [-0.1, -0.05) is 25.5 Å². The van der Waals surface area contributed by atoms with Crippen molar-refractivity contribution in [3.63, 3.8) is 0 Å². The summed E-state index contributed by atoms with van der Waals surface area (Å²) in [5.74, 6) is 0.0554. The van der Waals surface area contributed by atoms with E-state index < -0.39 is 5.69 Å². The molecular weight excluding hydrogens is 570 g/mol. The minimum Gasteiger partial charge on any atom is -0.382 e. The van der Waals surface area contributed by atoms with Gasteiger partial charge in [0.2, 0.25) is 5.91 Å². The molecule has 3 heterocycles. The zero-order valence-electron chi connectivity index (χ0n) is 25.6. The number of anilines is 3. The number of fused-ring (bicyclic) bond motifs is 1. The highest BCUT2D eigenvalue weighted by atomic mass is 16.2. The number of nitrogen functional groups attached to an aromatic ring is 1. The fourth-order valence-electron chi connectivity index (χ4n) is 4.90. The van der Waals surface area contributed by atoms with Gasteiger partial charge in [-0.2, -0.15) is 0 Å². The molecular formula is C33H35N9O3. The molecule has 0 aliphatic heterocycles. The second kappa shape index (κ2) is 13.3. The molecule has 3 aromatic heterocycles. The van der Waals surface area contributed by atoms with Gasteiger partial charge >= 0.3 is 5.69 Å². The maximum absolute atomic E-state index is 14.0.